The summed E-state index contributed by atoms with van der Waals surface area (Å²) in [5, 5.41) is 10.2. The van der Waals surface area contributed by atoms with Crippen molar-refractivity contribution in [2.24, 2.45) is 0 Å². The van der Waals surface area contributed by atoms with Gasteiger partial charge in [-0.2, -0.15) is 0 Å². The van der Waals surface area contributed by atoms with Gasteiger partial charge in [-0.1, -0.05) is 42.1 Å². The summed E-state index contributed by atoms with van der Waals surface area (Å²) in [6.45, 7) is 0.490. The Hall–Kier alpha value is -3.30. The zero-order chi connectivity index (χ0) is 24.6. The van der Waals surface area contributed by atoms with E-state index in [0.717, 1.165) is 47.0 Å². The van der Waals surface area contributed by atoms with Crippen LogP contribution in [0.3, 0.4) is 0 Å². The van der Waals surface area contributed by atoms with Crippen LogP contribution in [0.1, 0.15) is 39.2 Å². The molecule has 5 aromatic rings. The highest BCUT2D eigenvalue weighted by molar-refractivity contribution is 7.99. The van der Waals surface area contributed by atoms with Gasteiger partial charge in [-0.05, 0) is 67.5 Å². The van der Waals surface area contributed by atoms with E-state index < -0.39 is 0 Å². The molecule has 0 saturated carbocycles. The monoisotopic (exact) mass is 518 g/mol. The van der Waals surface area contributed by atoms with Crippen molar-refractivity contribution in [2.75, 3.05) is 5.75 Å². The molecule has 0 spiro atoms. The highest BCUT2D eigenvalue weighted by Gasteiger charge is 2.25. The number of thiophene rings is 1. The summed E-state index contributed by atoms with van der Waals surface area (Å²) in [6.07, 6.45) is 4.79. The molecule has 9 heteroatoms. The lowest BCUT2D eigenvalue weighted by molar-refractivity contribution is 0.102. The zero-order valence-corrected chi connectivity index (χ0v) is 21.1. The van der Waals surface area contributed by atoms with Crippen LogP contribution in [-0.4, -0.2) is 30.7 Å². The van der Waals surface area contributed by atoms with Crippen LogP contribution in [0.15, 0.2) is 64.5 Å². The van der Waals surface area contributed by atoms with Crippen LogP contribution in [0.5, 0.6) is 0 Å². The molecule has 1 aliphatic rings. The van der Waals surface area contributed by atoms with Crippen LogP contribution >= 0.6 is 23.1 Å². The smallest absolute Gasteiger partial charge is 0.263 e. The topological polar surface area (TPSA) is 69.3 Å². The third-order valence-electron chi connectivity index (χ3n) is 6.64. The van der Waals surface area contributed by atoms with Crippen molar-refractivity contribution in [1.82, 2.24) is 19.2 Å². The Morgan fingerprint density at radius 3 is 2.61 bits per heavy atom. The van der Waals surface area contributed by atoms with Crippen LogP contribution in [0.4, 0.5) is 4.39 Å². The first-order valence-electron chi connectivity index (χ1n) is 12.0. The van der Waals surface area contributed by atoms with E-state index in [1.807, 2.05) is 22.6 Å². The second kappa shape index (κ2) is 9.63. The molecule has 0 bridgehead atoms. The average molecular weight is 519 g/mol. The van der Waals surface area contributed by atoms with Gasteiger partial charge in [0.25, 0.3) is 5.56 Å². The minimum atomic E-state index is -0.375. The first-order chi connectivity index (χ1) is 17.6. The molecular formula is C27H23FN4O2S2. The Morgan fingerprint density at radius 1 is 1.03 bits per heavy atom. The predicted octanol–water partition coefficient (Wildman–Crippen LogP) is 5.34. The van der Waals surface area contributed by atoms with Gasteiger partial charge in [0.05, 0.1) is 11.1 Å². The summed E-state index contributed by atoms with van der Waals surface area (Å²) < 4.78 is 16.9. The number of hydrogen-bond donors (Lipinski definition) is 0. The Labute approximate surface area is 214 Å². The van der Waals surface area contributed by atoms with Gasteiger partial charge in [0, 0.05) is 17.0 Å². The van der Waals surface area contributed by atoms with E-state index in [9.17, 15) is 14.0 Å². The van der Waals surface area contributed by atoms with Crippen molar-refractivity contribution < 1.29 is 9.18 Å². The number of fused-ring (bicyclic) bond motifs is 5. The number of carbonyl (C=O) groups is 1. The fraction of sp³-hybridized carbons (Fsp3) is 0.259. The van der Waals surface area contributed by atoms with Gasteiger partial charge in [-0.25, -0.2) is 8.79 Å². The highest BCUT2D eigenvalue weighted by atomic mass is 32.2. The summed E-state index contributed by atoms with van der Waals surface area (Å²) in [5.74, 6) is 0.150. The second-order valence-electron chi connectivity index (χ2n) is 8.92. The third kappa shape index (κ3) is 4.16. The molecule has 0 atom stereocenters. The summed E-state index contributed by atoms with van der Waals surface area (Å²) in [5.41, 5.74) is 2.75. The van der Waals surface area contributed by atoms with Crippen molar-refractivity contribution in [3.8, 4) is 0 Å². The van der Waals surface area contributed by atoms with E-state index in [4.69, 9.17) is 0 Å². The van der Waals surface area contributed by atoms with Crippen LogP contribution in [0.25, 0.3) is 16.0 Å². The number of hydrogen-bond acceptors (Lipinski definition) is 6. The number of benzene rings is 2. The normalized spacial score (nSPS) is 13.4. The third-order valence-corrected chi connectivity index (χ3v) is 8.84. The first kappa shape index (κ1) is 23.1. The molecule has 6 nitrogen and oxygen atoms in total. The van der Waals surface area contributed by atoms with Gasteiger partial charge in [0.2, 0.25) is 5.78 Å². The second-order valence-corrected chi connectivity index (χ2v) is 10.9. The largest absolute Gasteiger partial charge is 0.293 e. The number of Topliss-reactive ketones (excluding diaryl/α,β-unsaturated/α-hetero) is 1. The van der Waals surface area contributed by atoms with Gasteiger partial charge >= 0.3 is 0 Å². The summed E-state index contributed by atoms with van der Waals surface area (Å²) in [6, 6.07) is 15.6. The molecule has 0 amide bonds. The number of ketones is 1. The standard InChI is InChI=1S/C27H23FN4O2S2/c28-19-12-10-18(11-13-19)21(33)16-35-27-30-29-26-31(15-14-17-6-2-1-3-7-17)24(34)23-20-8-4-5-9-22(20)36-25(23)32(26)27/h1-3,6-7,10-13H,4-5,8-9,14-16H2. The molecule has 0 fully saturated rings. The Balaban J connectivity index is 1.42. The fourth-order valence-electron chi connectivity index (χ4n) is 4.80. The number of aryl methyl sites for hydroxylation is 4. The van der Waals surface area contributed by atoms with Gasteiger partial charge in [-0.15, -0.1) is 21.5 Å². The van der Waals surface area contributed by atoms with Crippen LogP contribution in [0.2, 0.25) is 0 Å². The molecule has 2 aromatic carbocycles. The van der Waals surface area contributed by atoms with E-state index in [2.05, 4.69) is 22.3 Å². The van der Waals surface area contributed by atoms with Crippen molar-refractivity contribution in [2.45, 2.75) is 43.8 Å². The minimum Gasteiger partial charge on any atom is -0.293 e. The molecule has 0 N–H and O–H groups in total. The van der Waals surface area contributed by atoms with Crippen molar-refractivity contribution in [3.63, 3.8) is 0 Å². The van der Waals surface area contributed by atoms with E-state index >= 15 is 0 Å². The van der Waals surface area contributed by atoms with Gasteiger partial charge in [-0.3, -0.25) is 14.2 Å². The Bertz CT molecular complexity index is 1640. The quantitative estimate of drug-likeness (QED) is 0.215. The summed E-state index contributed by atoms with van der Waals surface area (Å²) in [7, 11) is 0. The molecule has 0 unspecified atom stereocenters. The maximum atomic E-state index is 13.8. The molecule has 182 valence electrons. The maximum absolute atomic E-state index is 13.8. The minimum absolute atomic E-state index is 0.0147. The Morgan fingerprint density at radius 2 is 1.81 bits per heavy atom. The lowest BCUT2D eigenvalue weighted by Crippen LogP contribution is -2.24. The molecule has 36 heavy (non-hydrogen) atoms. The highest BCUT2D eigenvalue weighted by Crippen LogP contribution is 2.36. The predicted molar refractivity (Wildman–Crippen MR) is 141 cm³/mol. The molecule has 6 rings (SSSR count). The summed E-state index contributed by atoms with van der Waals surface area (Å²) in [4.78, 5) is 28.6. The van der Waals surface area contributed by atoms with Crippen LogP contribution < -0.4 is 5.56 Å². The zero-order valence-electron chi connectivity index (χ0n) is 19.4. The average Bonchev–Trinajstić information content (AvgIpc) is 3.50. The van der Waals surface area contributed by atoms with Crippen molar-refractivity contribution in [3.05, 3.63) is 92.3 Å². The number of aromatic nitrogens is 4. The molecule has 3 aromatic heterocycles. The van der Waals surface area contributed by atoms with Gasteiger partial charge in [0.1, 0.15) is 10.6 Å². The molecule has 0 radical (unpaired) electrons. The van der Waals surface area contributed by atoms with Gasteiger partial charge in [0.15, 0.2) is 10.9 Å². The molecule has 0 aliphatic heterocycles. The number of thioether (sulfide) groups is 1. The van der Waals surface area contributed by atoms with Crippen molar-refractivity contribution >= 4 is 44.9 Å². The first-order valence-corrected chi connectivity index (χ1v) is 13.8. The molecule has 1 aliphatic carbocycles. The SMILES string of the molecule is O=C(CSc1nnc2n(CCc3ccccc3)c(=O)c3c4c(sc3n12)CCCC4)c1ccc(F)cc1. The van der Waals surface area contributed by atoms with E-state index in [-0.39, 0.29) is 22.9 Å². The Kier molecular flexibility index (Phi) is 6.18. The fourth-order valence-corrected chi connectivity index (χ4v) is 7.06. The number of halogens is 1. The van der Waals surface area contributed by atoms with Crippen molar-refractivity contribution in [1.29, 1.82) is 0 Å². The molecular weight excluding hydrogens is 495 g/mol. The maximum Gasteiger partial charge on any atom is 0.263 e. The van der Waals surface area contributed by atoms with Crippen LogP contribution in [0, 0.1) is 5.82 Å². The van der Waals surface area contributed by atoms with Crippen LogP contribution in [-0.2, 0) is 25.8 Å². The summed E-state index contributed by atoms with van der Waals surface area (Å²) >= 11 is 2.94. The molecule has 0 saturated heterocycles. The number of rotatable bonds is 7. The van der Waals surface area contributed by atoms with E-state index in [1.54, 1.807) is 15.9 Å². The number of nitrogens with zero attached hydrogens (tertiary/aromatic N) is 4. The van der Waals surface area contributed by atoms with E-state index in [1.165, 1.54) is 40.9 Å². The van der Waals surface area contributed by atoms with E-state index in [0.29, 0.717) is 29.5 Å². The van der Waals surface area contributed by atoms with Gasteiger partial charge < -0.3 is 0 Å². The molecule has 3 heterocycles. The lowest BCUT2D eigenvalue weighted by Gasteiger charge is -2.12. The number of carbonyl (C=O) groups excluding carboxylic acids is 1. The lowest BCUT2D eigenvalue weighted by atomic mass is 9.97.